The number of unbranched alkanes of at least 4 members (excludes halogenated alkanes) is 61. The van der Waals surface area contributed by atoms with Gasteiger partial charge in [-0.05, 0) is 51.4 Å². The maximum absolute atomic E-state index is 12.5. The van der Waals surface area contributed by atoms with Crippen molar-refractivity contribution in [2.45, 2.75) is 456 Å². The van der Waals surface area contributed by atoms with Crippen LogP contribution in [-0.2, 0) is 14.3 Å². The van der Waals surface area contributed by atoms with Crippen molar-refractivity contribution >= 4 is 11.9 Å². The highest BCUT2D eigenvalue weighted by Crippen LogP contribution is 2.20. The molecule has 2 unspecified atom stereocenters. The van der Waals surface area contributed by atoms with Crippen molar-refractivity contribution in [1.82, 2.24) is 5.32 Å². The third-order valence-electron chi connectivity index (χ3n) is 18.5. The minimum atomic E-state index is -0.840. The Balaban J connectivity index is 3.31. The van der Waals surface area contributed by atoms with Crippen molar-refractivity contribution in [1.29, 1.82) is 0 Å². The van der Waals surface area contributed by atoms with E-state index in [9.17, 15) is 19.8 Å². The molecule has 0 saturated carbocycles. The molecule has 2 atom stereocenters. The van der Waals surface area contributed by atoms with Gasteiger partial charge in [-0.15, -0.1) is 0 Å². The minimum absolute atomic E-state index is 0.0133. The molecule has 0 aromatic heterocycles. The van der Waals surface area contributed by atoms with Crippen LogP contribution in [-0.4, -0.2) is 47.4 Å². The highest BCUT2D eigenvalue weighted by molar-refractivity contribution is 5.76. The highest BCUT2D eigenvalue weighted by Gasteiger charge is 2.18. The molecule has 0 heterocycles. The molecule has 6 heteroatoms. The van der Waals surface area contributed by atoms with Crippen molar-refractivity contribution in [2.24, 2.45) is 0 Å². The first-order chi connectivity index (χ1) is 42.0. The minimum Gasteiger partial charge on any atom is -0.466 e. The van der Waals surface area contributed by atoms with E-state index < -0.39 is 12.1 Å². The molecule has 3 N–H and O–H groups in total. The molecule has 0 bridgehead atoms. The van der Waals surface area contributed by atoms with Crippen LogP contribution in [0.2, 0.25) is 0 Å². The number of ether oxygens (including phenoxy) is 1. The molecule has 0 spiro atoms. The van der Waals surface area contributed by atoms with Gasteiger partial charge in [-0.2, -0.15) is 0 Å². The zero-order valence-corrected chi connectivity index (χ0v) is 57.9. The molecule has 504 valence electrons. The van der Waals surface area contributed by atoms with Crippen LogP contribution < -0.4 is 5.32 Å². The van der Waals surface area contributed by atoms with Crippen molar-refractivity contribution in [3.63, 3.8) is 0 Å². The van der Waals surface area contributed by atoms with E-state index >= 15 is 0 Å². The van der Waals surface area contributed by atoms with Gasteiger partial charge in [0.1, 0.15) is 0 Å². The zero-order valence-electron chi connectivity index (χ0n) is 57.9. The molecule has 0 rings (SSSR count). The Morgan fingerprint density at radius 1 is 0.318 bits per heavy atom. The van der Waals surface area contributed by atoms with Gasteiger partial charge in [0.15, 0.2) is 0 Å². The summed E-state index contributed by atoms with van der Waals surface area (Å²) in [4.78, 5) is 24.5. The zero-order chi connectivity index (χ0) is 61.3. The predicted molar refractivity (Wildman–Crippen MR) is 375 cm³/mol. The topological polar surface area (TPSA) is 95.9 Å². The Bertz CT molecular complexity index is 1330. The number of aliphatic hydroxyl groups excluding tert-OH is 2. The van der Waals surface area contributed by atoms with Gasteiger partial charge in [0, 0.05) is 12.8 Å². The molecule has 0 saturated heterocycles. The summed E-state index contributed by atoms with van der Waals surface area (Å²) in [5, 5.41) is 23.2. The van der Waals surface area contributed by atoms with Crippen LogP contribution in [0.1, 0.15) is 444 Å². The lowest BCUT2D eigenvalue weighted by Crippen LogP contribution is -2.45. The van der Waals surface area contributed by atoms with E-state index in [2.05, 4.69) is 31.3 Å². The third kappa shape index (κ3) is 71.3. The molecule has 0 aromatic rings. The molecule has 1 amide bonds. The molecule has 0 aliphatic carbocycles. The Hall–Kier alpha value is -1.66. The number of hydrogen-bond donors (Lipinski definition) is 3. The van der Waals surface area contributed by atoms with Crippen LogP contribution in [0.15, 0.2) is 24.3 Å². The van der Waals surface area contributed by atoms with Gasteiger partial charge < -0.3 is 20.3 Å². The summed E-state index contributed by atoms with van der Waals surface area (Å²) in [6.07, 6.45) is 96.0. The first-order valence-electron chi connectivity index (χ1n) is 39.1. The van der Waals surface area contributed by atoms with E-state index in [0.29, 0.717) is 19.4 Å². The lowest BCUT2D eigenvalue weighted by Gasteiger charge is -2.20. The van der Waals surface area contributed by atoms with E-state index in [1.807, 2.05) is 6.08 Å². The van der Waals surface area contributed by atoms with Gasteiger partial charge >= 0.3 is 5.97 Å². The molecule has 0 aromatic carbocycles. The lowest BCUT2D eigenvalue weighted by atomic mass is 10.0. The Kier molecular flexibility index (Phi) is 73.3. The van der Waals surface area contributed by atoms with Crippen molar-refractivity contribution < 1.29 is 24.5 Å². The molecule has 6 nitrogen and oxygen atoms in total. The fraction of sp³-hybridized carbons (Fsp3) is 0.924. The van der Waals surface area contributed by atoms with Gasteiger partial charge in [0.05, 0.1) is 25.4 Å². The first-order valence-corrected chi connectivity index (χ1v) is 39.1. The number of hydrogen-bond acceptors (Lipinski definition) is 5. The van der Waals surface area contributed by atoms with E-state index in [0.717, 1.165) is 44.9 Å². The number of nitrogens with one attached hydrogen (secondary N) is 1. The van der Waals surface area contributed by atoms with Gasteiger partial charge in [-0.1, -0.05) is 404 Å². The Morgan fingerprint density at radius 2 is 0.565 bits per heavy atom. The summed E-state index contributed by atoms with van der Waals surface area (Å²) in [7, 11) is 0. The summed E-state index contributed by atoms with van der Waals surface area (Å²) in [5.74, 6) is -0.0444. The first kappa shape index (κ1) is 83.3. The lowest BCUT2D eigenvalue weighted by molar-refractivity contribution is -0.143. The summed E-state index contributed by atoms with van der Waals surface area (Å²) in [6.45, 7) is 4.91. The molecule has 0 aliphatic heterocycles. The summed E-state index contributed by atoms with van der Waals surface area (Å²) >= 11 is 0. The van der Waals surface area contributed by atoms with E-state index in [4.69, 9.17) is 4.74 Å². The molecular formula is C79H153NO5. The van der Waals surface area contributed by atoms with E-state index in [-0.39, 0.29) is 18.5 Å². The molecule has 85 heavy (non-hydrogen) atoms. The standard InChI is InChI=1S/C79H153NO5/c1-3-5-7-9-11-13-15-16-17-18-42-45-48-52-55-59-63-67-71-77(82)76(75-81)80-78(83)72-68-64-60-56-53-49-46-43-40-38-36-34-32-30-28-26-24-22-20-19-21-23-25-27-29-31-33-35-37-39-41-44-47-50-54-58-62-66-70-74-85-79(84)73-69-65-61-57-51-14-12-10-8-6-4-2/h10,12,67,71,76-77,81-82H,3-9,11,13-66,68-70,72-75H2,1-2H3,(H,80,83)/b12-10-,71-67+. The summed E-state index contributed by atoms with van der Waals surface area (Å²) < 4.78 is 5.47. The van der Waals surface area contributed by atoms with E-state index in [1.54, 1.807) is 6.08 Å². The number of esters is 1. The van der Waals surface area contributed by atoms with Crippen molar-refractivity contribution in [3.05, 3.63) is 24.3 Å². The predicted octanol–water partition coefficient (Wildman–Crippen LogP) is 25.7. The smallest absolute Gasteiger partial charge is 0.305 e. The molecule has 0 aliphatic rings. The van der Waals surface area contributed by atoms with Crippen LogP contribution in [0.5, 0.6) is 0 Å². The van der Waals surface area contributed by atoms with Crippen LogP contribution in [0.25, 0.3) is 0 Å². The number of rotatable bonds is 74. The Labute approximate surface area is 532 Å². The molecule has 0 radical (unpaired) electrons. The number of amides is 1. The monoisotopic (exact) mass is 1200 g/mol. The average Bonchev–Trinajstić information content (AvgIpc) is 3.55. The second-order valence-electron chi connectivity index (χ2n) is 27.0. The van der Waals surface area contributed by atoms with Gasteiger partial charge in [-0.25, -0.2) is 0 Å². The van der Waals surface area contributed by atoms with Crippen molar-refractivity contribution in [2.75, 3.05) is 13.2 Å². The second kappa shape index (κ2) is 74.8. The maximum Gasteiger partial charge on any atom is 0.305 e. The highest BCUT2D eigenvalue weighted by atomic mass is 16.5. The fourth-order valence-electron chi connectivity index (χ4n) is 12.5. The van der Waals surface area contributed by atoms with Gasteiger partial charge in [-0.3, -0.25) is 9.59 Å². The quantitative estimate of drug-likeness (QED) is 0.0320. The second-order valence-corrected chi connectivity index (χ2v) is 27.0. The van der Waals surface area contributed by atoms with Crippen LogP contribution in [0.3, 0.4) is 0 Å². The average molecular weight is 1200 g/mol. The maximum atomic E-state index is 12.5. The van der Waals surface area contributed by atoms with Crippen LogP contribution in [0.4, 0.5) is 0 Å². The van der Waals surface area contributed by atoms with Gasteiger partial charge in [0.2, 0.25) is 5.91 Å². The number of carbonyl (C=O) groups is 2. The SMILES string of the molecule is CCCC/C=C\CCCCCCCC(=O)OCCCCCCCCCCCCCCCCCCCCCCCCCCCCCCCCCCCCCCCCCC(=O)NC(CO)C(O)/C=C/CCCCCCCCCCCCCCCCCC. The van der Waals surface area contributed by atoms with E-state index in [1.165, 1.54) is 372 Å². The van der Waals surface area contributed by atoms with Crippen molar-refractivity contribution in [3.8, 4) is 0 Å². The Morgan fingerprint density at radius 3 is 0.871 bits per heavy atom. The molecular weight excluding hydrogens is 1040 g/mol. The largest absolute Gasteiger partial charge is 0.466 e. The fourth-order valence-corrected chi connectivity index (χ4v) is 12.5. The molecule has 0 fully saturated rings. The van der Waals surface area contributed by atoms with Crippen LogP contribution >= 0.6 is 0 Å². The number of allylic oxidation sites excluding steroid dienone is 3. The number of carbonyl (C=O) groups excluding carboxylic acids is 2. The normalized spacial score (nSPS) is 12.6. The number of aliphatic hydroxyl groups is 2. The summed E-state index contributed by atoms with van der Waals surface area (Å²) in [5.41, 5.74) is 0. The van der Waals surface area contributed by atoms with Gasteiger partial charge in [0.25, 0.3) is 0 Å². The van der Waals surface area contributed by atoms with Crippen LogP contribution in [0, 0.1) is 0 Å². The third-order valence-corrected chi connectivity index (χ3v) is 18.5. The summed E-state index contributed by atoms with van der Waals surface area (Å²) in [6, 6.07) is -0.623.